The number of hydrogen-bond donors (Lipinski definition) is 0. The number of carbonyl (C=O) groups is 1. The van der Waals surface area contributed by atoms with Crippen LogP contribution in [0.15, 0.2) is 22.7 Å². The van der Waals surface area contributed by atoms with Crippen molar-refractivity contribution in [3.8, 4) is 5.75 Å². The van der Waals surface area contributed by atoms with Gasteiger partial charge in [-0.25, -0.2) is 4.79 Å². The van der Waals surface area contributed by atoms with Gasteiger partial charge in [-0.1, -0.05) is 11.6 Å². The number of esters is 1. The van der Waals surface area contributed by atoms with Crippen LogP contribution in [0.25, 0.3) is 0 Å². The van der Waals surface area contributed by atoms with E-state index in [1.165, 1.54) is 7.11 Å². The summed E-state index contributed by atoms with van der Waals surface area (Å²) in [7, 11) is 1.31. The molecule has 5 heteroatoms. The third-order valence-corrected chi connectivity index (χ3v) is 2.32. The molecule has 0 aliphatic heterocycles. The fourth-order valence-corrected chi connectivity index (χ4v) is 1.59. The van der Waals surface area contributed by atoms with E-state index in [0.29, 0.717) is 15.2 Å². The molecule has 0 N–H and O–H groups in total. The Balaban J connectivity index is 2.63. The van der Waals surface area contributed by atoms with Crippen LogP contribution < -0.4 is 4.74 Å². The highest BCUT2D eigenvalue weighted by Gasteiger charge is 2.05. The Morgan fingerprint density at radius 1 is 1.57 bits per heavy atom. The number of carbonyl (C=O) groups excluding carboxylic acids is 1. The quantitative estimate of drug-likeness (QED) is 0.798. The molecule has 0 saturated heterocycles. The first-order valence-electron chi connectivity index (χ1n) is 3.78. The highest BCUT2D eigenvalue weighted by atomic mass is 79.9. The van der Waals surface area contributed by atoms with Crippen LogP contribution in [-0.4, -0.2) is 19.7 Å². The molecule has 0 aliphatic carbocycles. The van der Waals surface area contributed by atoms with Gasteiger partial charge in [-0.3, -0.25) is 0 Å². The zero-order valence-electron chi connectivity index (χ0n) is 7.42. The summed E-state index contributed by atoms with van der Waals surface area (Å²) in [5, 5.41) is 0.599. The Bertz CT molecular complexity index is 341. The van der Waals surface area contributed by atoms with Crippen LogP contribution in [0, 0.1) is 0 Å². The Morgan fingerprint density at radius 2 is 2.29 bits per heavy atom. The predicted molar refractivity (Wildman–Crippen MR) is 56.7 cm³/mol. The standard InChI is InChI=1S/C9H8BrClO3/c1-13-9(12)5-14-8-3-2-6(11)4-7(8)10/h2-4H,5H2,1H3. The number of rotatable bonds is 3. The zero-order chi connectivity index (χ0) is 10.6. The fraction of sp³-hybridized carbons (Fsp3) is 0.222. The van der Waals surface area contributed by atoms with E-state index in [1.54, 1.807) is 18.2 Å². The van der Waals surface area contributed by atoms with Crippen LogP contribution >= 0.6 is 27.5 Å². The highest BCUT2D eigenvalue weighted by Crippen LogP contribution is 2.27. The van der Waals surface area contributed by atoms with Gasteiger partial charge in [-0.2, -0.15) is 0 Å². The van der Waals surface area contributed by atoms with Gasteiger partial charge in [0.15, 0.2) is 6.61 Å². The van der Waals surface area contributed by atoms with E-state index >= 15 is 0 Å². The Hall–Kier alpha value is -0.740. The summed E-state index contributed by atoms with van der Waals surface area (Å²) in [5.41, 5.74) is 0. The van der Waals surface area contributed by atoms with Crippen molar-refractivity contribution >= 4 is 33.5 Å². The average molecular weight is 280 g/mol. The number of benzene rings is 1. The molecule has 0 fully saturated rings. The highest BCUT2D eigenvalue weighted by molar-refractivity contribution is 9.10. The topological polar surface area (TPSA) is 35.5 Å². The van der Waals surface area contributed by atoms with Crippen molar-refractivity contribution in [1.29, 1.82) is 0 Å². The second kappa shape index (κ2) is 5.22. The number of hydrogen-bond acceptors (Lipinski definition) is 3. The summed E-state index contributed by atoms with van der Waals surface area (Å²) in [5.74, 6) is 0.131. The predicted octanol–water partition coefficient (Wildman–Crippen LogP) is 2.65. The van der Waals surface area contributed by atoms with Crippen molar-refractivity contribution in [3.05, 3.63) is 27.7 Å². The molecule has 1 aromatic carbocycles. The lowest BCUT2D eigenvalue weighted by Gasteiger charge is -2.06. The smallest absolute Gasteiger partial charge is 0.343 e. The van der Waals surface area contributed by atoms with Crippen LogP contribution in [0.5, 0.6) is 5.75 Å². The van der Waals surface area contributed by atoms with Gasteiger partial charge in [-0.15, -0.1) is 0 Å². The largest absolute Gasteiger partial charge is 0.481 e. The first kappa shape index (κ1) is 11.3. The summed E-state index contributed by atoms with van der Waals surface area (Å²) >= 11 is 8.99. The van der Waals surface area contributed by atoms with E-state index in [0.717, 1.165) is 0 Å². The second-order valence-electron chi connectivity index (χ2n) is 2.44. The van der Waals surface area contributed by atoms with Gasteiger partial charge in [0.1, 0.15) is 5.75 Å². The molecule has 1 aromatic rings. The average Bonchev–Trinajstić information content (AvgIpc) is 2.16. The number of halogens is 2. The maximum Gasteiger partial charge on any atom is 0.343 e. The van der Waals surface area contributed by atoms with E-state index in [2.05, 4.69) is 20.7 Å². The number of methoxy groups -OCH3 is 1. The third kappa shape index (κ3) is 3.20. The van der Waals surface area contributed by atoms with Crippen LogP contribution in [0.4, 0.5) is 0 Å². The van der Waals surface area contributed by atoms with E-state index < -0.39 is 5.97 Å². The second-order valence-corrected chi connectivity index (χ2v) is 3.73. The summed E-state index contributed by atoms with van der Waals surface area (Å²) < 4.78 is 10.3. The van der Waals surface area contributed by atoms with Crippen LogP contribution in [0.3, 0.4) is 0 Å². The molecule has 76 valence electrons. The number of ether oxygens (including phenoxy) is 2. The van der Waals surface area contributed by atoms with Gasteiger partial charge < -0.3 is 9.47 Å². The molecule has 3 nitrogen and oxygen atoms in total. The third-order valence-electron chi connectivity index (χ3n) is 1.47. The van der Waals surface area contributed by atoms with Crippen LogP contribution in [0.2, 0.25) is 5.02 Å². The van der Waals surface area contributed by atoms with Crippen LogP contribution in [-0.2, 0) is 9.53 Å². The molecule has 0 heterocycles. The SMILES string of the molecule is COC(=O)COc1ccc(Cl)cc1Br. The zero-order valence-corrected chi connectivity index (χ0v) is 9.76. The Kier molecular flexibility index (Phi) is 4.22. The van der Waals surface area contributed by atoms with E-state index in [9.17, 15) is 4.79 Å². The fourth-order valence-electron chi connectivity index (χ4n) is 0.788. The molecular weight excluding hydrogens is 271 g/mol. The maximum absolute atomic E-state index is 10.8. The first-order chi connectivity index (χ1) is 6.63. The minimum absolute atomic E-state index is 0.114. The monoisotopic (exact) mass is 278 g/mol. The Morgan fingerprint density at radius 3 is 2.86 bits per heavy atom. The van der Waals surface area contributed by atoms with Gasteiger partial charge in [0.05, 0.1) is 11.6 Å². The van der Waals surface area contributed by atoms with Crippen molar-refractivity contribution in [2.75, 3.05) is 13.7 Å². The molecule has 0 atom stereocenters. The minimum Gasteiger partial charge on any atom is -0.481 e. The minimum atomic E-state index is -0.424. The summed E-state index contributed by atoms with van der Waals surface area (Å²) in [6.07, 6.45) is 0. The molecule has 14 heavy (non-hydrogen) atoms. The first-order valence-corrected chi connectivity index (χ1v) is 4.95. The van der Waals surface area contributed by atoms with Crippen molar-refractivity contribution in [3.63, 3.8) is 0 Å². The lowest BCUT2D eigenvalue weighted by Crippen LogP contribution is -2.12. The van der Waals surface area contributed by atoms with Gasteiger partial charge in [0, 0.05) is 5.02 Å². The molecular formula is C9H8BrClO3. The van der Waals surface area contributed by atoms with Crippen LogP contribution in [0.1, 0.15) is 0 Å². The summed E-state index contributed by atoms with van der Waals surface area (Å²) in [6.45, 7) is -0.114. The molecule has 0 aromatic heterocycles. The molecule has 0 saturated carbocycles. The molecule has 0 amide bonds. The van der Waals surface area contributed by atoms with E-state index in [-0.39, 0.29) is 6.61 Å². The molecule has 0 aliphatic rings. The Labute approximate surface area is 95.1 Å². The van der Waals surface area contributed by atoms with Gasteiger partial charge in [0.25, 0.3) is 0 Å². The van der Waals surface area contributed by atoms with Gasteiger partial charge in [0.2, 0.25) is 0 Å². The van der Waals surface area contributed by atoms with Gasteiger partial charge >= 0.3 is 5.97 Å². The van der Waals surface area contributed by atoms with Crippen molar-refractivity contribution in [2.24, 2.45) is 0 Å². The van der Waals surface area contributed by atoms with Crippen molar-refractivity contribution in [1.82, 2.24) is 0 Å². The molecule has 0 radical (unpaired) electrons. The van der Waals surface area contributed by atoms with E-state index in [4.69, 9.17) is 16.3 Å². The molecule has 0 unspecified atom stereocenters. The summed E-state index contributed by atoms with van der Waals surface area (Å²) in [6, 6.07) is 5.04. The van der Waals surface area contributed by atoms with Crippen molar-refractivity contribution in [2.45, 2.75) is 0 Å². The van der Waals surface area contributed by atoms with Gasteiger partial charge in [-0.05, 0) is 34.1 Å². The lowest BCUT2D eigenvalue weighted by molar-refractivity contribution is -0.142. The maximum atomic E-state index is 10.8. The van der Waals surface area contributed by atoms with E-state index in [1.807, 2.05) is 0 Å². The lowest BCUT2D eigenvalue weighted by atomic mass is 10.3. The molecule has 1 rings (SSSR count). The normalized spacial score (nSPS) is 9.64. The molecule has 0 bridgehead atoms. The molecule has 0 spiro atoms. The summed E-state index contributed by atoms with van der Waals surface area (Å²) in [4.78, 5) is 10.8. The van der Waals surface area contributed by atoms with Crippen molar-refractivity contribution < 1.29 is 14.3 Å².